The summed E-state index contributed by atoms with van der Waals surface area (Å²) in [7, 11) is 0. The van der Waals surface area contributed by atoms with Crippen molar-refractivity contribution in [2.75, 3.05) is 5.75 Å². The smallest absolute Gasteiger partial charge is 0.242 e. The largest absolute Gasteiger partial charge is 0.352 e. The van der Waals surface area contributed by atoms with Gasteiger partial charge in [-0.2, -0.15) is 0 Å². The Bertz CT molecular complexity index is 845. The monoisotopic (exact) mass is 466 g/mol. The summed E-state index contributed by atoms with van der Waals surface area (Å²) in [5, 5.41) is 4.24. The normalized spacial score (nSPS) is 12.8. The lowest BCUT2D eigenvalue weighted by Gasteiger charge is -2.30. The molecule has 30 heavy (non-hydrogen) atoms. The molecule has 2 aromatic rings. The van der Waals surface area contributed by atoms with E-state index >= 15 is 0 Å². The molecule has 0 aliphatic rings. The van der Waals surface area contributed by atoms with E-state index < -0.39 is 6.04 Å². The fourth-order valence-electron chi connectivity index (χ4n) is 2.79. The first kappa shape index (κ1) is 24.6. The Morgan fingerprint density at radius 2 is 1.73 bits per heavy atom. The van der Waals surface area contributed by atoms with Crippen LogP contribution in [0.25, 0.3) is 0 Å². The van der Waals surface area contributed by atoms with Gasteiger partial charge in [-0.25, -0.2) is 0 Å². The lowest BCUT2D eigenvalue weighted by Crippen LogP contribution is -2.49. The van der Waals surface area contributed by atoms with Gasteiger partial charge in [0, 0.05) is 39.7 Å². The number of benzene rings is 2. The van der Waals surface area contributed by atoms with Gasteiger partial charge in [-0.15, -0.1) is 11.8 Å². The van der Waals surface area contributed by atoms with Gasteiger partial charge < -0.3 is 10.2 Å². The minimum absolute atomic E-state index is 0.0534. The number of nitrogens with zero attached hydrogens (tertiary/aromatic N) is 1. The molecule has 2 aromatic carbocycles. The Hall–Kier alpha value is -1.69. The summed E-state index contributed by atoms with van der Waals surface area (Å²) in [6, 6.07) is 14.4. The number of rotatable bonds is 10. The maximum Gasteiger partial charge on any atom is 0.242 e. The predicted molar refractivity (Wildman–Crippen MR) is 126 cm³/mol. The molecule has 2 rings (SSSR count). The molecule has 4 nitrogen and oxygen atoms in total. The second-order valence-electron chi connectivity index (χ2n) is 7.16. The molecule has 2 amide bonds. The molecule has 0 saturated carbocycles. The molecule has 0 bridgehead atoms. The van der Waals surface area contributed by atoms with Gasteiger partial charge in [0.15, 0.2) is 0 Å². The Kier molecular flexibility index (Phi) is 10.0. The molecule has 0 radical (unpaired) electrons. The third-order valence-corrected chi connectivity index (χ3v) is 6.50. The SMILES string of the molecule is CC[C@@H](C)NC(=O)[C@H](C)N(Cc1ccccc1Cl)C(=O)CCSc1ccc(Cl)cc1. The number of halogens is 2. The summed E-state index contributed by atoms with van der Waals surface area (Å²) in [4.78, 5) is 28.4. The van der Waals surface area contributed by atoms with Crippen molar-refractivity contribution in [3.63, 3.8) is 0 Å². The van der Waals surface area contributed by atoms with E-state index in [-0.39, 0.29) is 17.9 Å². The fraction of sp³-hybridized carbons (Fsp3) is 0.391. The maximum atomic E-state index is 13.1. The van der Waals surface area contributed by atoms with Crippen LogP contribution in [0.15, 0.2) is 53.4 Å². The van der Waals surface area contributed by atoms with E-state index in [9.17, 15) is 9.59 Å². The predicted octanol–water partition coefficient (Wildman–Crippen LogP) is 5.81. The topological polar surface area (TPSA) is 49.4 Å². The average molecular weight is 467 g/mol. The molecular formula is C23H28Cl2N2O2S. The molecule has 0 fully saturated rings. The highest BCUT2D eigenvalue weighted by molar-refractivity contribution is 7.99. The first-order valence-corrected chi connectivity index (χ1v) is 11.8. The highest BCUT2D eigenvalue weighted by Gasteiger charge is 2.27. The Morgan fingerprint density at radius 3 is 2.37 bits per heavy atom. The van der Waals surface area contributed by atoms with Crippen molar-refractivity contribution in [3.8, 4) is 0 Å². The number of amides is 2. The van der Waals surface area contributed by atoms with Gasteiger partial charge in [-0.3, -0.25) is 9.59 Å². The van der Waals surface area contributed by atoms with Gasteiger partial charge >= 0.3 is 0 Å². The summed E-state index contributed by atoms with van der Waals surface area (Å²) in [6.45, 7) is 6.02. The number of hydrogen-bond acceptors (Lipinski definition) is 3. The van der Waals surface area contributed by atoms with Crippen molar-refractivity contribution in [1.82, 2.24) is 10.2 Å². The Balaban J connectivity index is 2.08. The molecule has 0 saturated heterocycles. The maximum absolute atomic E-state index is 13.1. The van der Waals surface area contributed by atoms with Gasteiger partial charge in [0.25, 0.3) is 0 Å². The molecule has 2 atom stereocenters. The minimum Gasteiger partial charge on any atom is -0.352 e. The molecule has 0 aliphatic heterocycles. The number of carbonyl (C=O) groups is 2. The fourth-order valence-corrected chi connectivity index (χ4v) is 3.95. The first-order valence-electron chi connectivity index (χ1n) is 10.0. The third kappa shape index (κ3) is 7.53. The quantitative estimate of drug-likeness (QED) is 0.449. The number of carbonyl (C=O) groups excluding carboxylic acids is 2. The number of hydrogen-bond donors (Lipinski definition) is 1. The van der Waals surface area contributed by atoms with Gasteiger partial charge in [0.05, 0.1) is 0 Å². The highest BCUT2D eigenvalue weighted by atomic mass is 35.5. The first-order chi connectivity index (χ1) is 14.3. The van der Waals surface area contributed by atoms with Crippen LogP contribution in [0.2, 0.25) is 10.0 Å². The van der Waals surface area contributed by atoms with Crippen LogP contribution in [-0.2, 0) is 16.1 Å². The van der Waals surface area contributed by atoms with Crippen LogP contribution in [0.5, 0.6) is 0 Å². The van der Waals surface area contributed by atoms with E-state index in [1.54, 1.807) is 29.7 Å². The molecule has 0 spiro atoms. The zero-order valence-corrected chi connectivity index (χ0v) is 19.9. The van der Waals surface area contributed by atoms with E-state index in [0.29, 0.717) is 28.8 Å². The van der Waals surface area contributed by atoms with Gasteiger partial charge in [0.2, 0.25) is 11.8 Å². The third-order valence-electron chi connectivity index (χ3n) is 4.87. The second-order valence-corrected chi connectivity index (χ2v) is 9.17. The molecule has 0 heterocycles. The van der Waals surface area contributed by atoms with Gasteiger partial charge in [0.1, 0.15) is 6.04 Å². The Labute approximate surface area is 193 Å². The van der Waals surface area contributed by atoms with Crippen LogP contribution in [0.1, 0.15) is 39.2 Å². The number of thioether (sulfide) groups is 1. The van der Waals surface area contributed by atoms with Crippen LogP contribution in [0.4, 0.5) is 0 Å². The Morgan fingerprint density at radius 1 is 1.07 bits per heavy atom. The van der Waals surface area contributed by atoms with Crippen molar-refractivity contribution in [1.29, 1.82) is 0 Å². The molecule has 0 aliphatic carbocycles. The molecule has 0 aromatic heterocycles. The summed E-state index contributed by atoms with van der Waals surface area (Å²) in [5.41, 5.74) is 0.820. The average Bonchev–Trinajstić information content (AvgIpc) is 2.73. The van der Waals surface area contributed by atoms with E-state index in [4.69, 9.17) is 23.2 Å². The molecular weight excluding hydrogens is 439 g/mol. The summed E-state index contributed by atoms with van der Waals surface area (Å²) in [5.74, 6) is 0.373. The summed E-state index contributed by atoms with van der Waals surface area (Å²) < 4.78 is 0. The van der Waals surface area contributed by atoms with Gasteiger partial charge in [-0.05, 0) is 56.2 Å². The lowest BCUT2D eigenvalue weighted by molar-refractivity contribution is -0.140. The van der Waals surface area contributed by atoms with Gasteiger partial charge in [-0.1, -0.05) is 48.3 Å². The standard InChI is InChI=1S/C23H28Cl2N2O2S/c1-4-16(2)26-23(29)17(3)27(15-18-7-5-6-8-21(18)25)22(28)13-14-30-20-11-9-19(24)10-12-20/h5-12,16-17H,4,13-15H2,1-3H3,(H,26,29)/t16-,17+/m1/s1. The molecule has 0 unspecified atom stereocenters. The zero-order chi connectivity index (χ0) is 22.1. The second kappa shape index (κ2) is 12.2. The van der Waals surface area contributed by atoms with Crippen molar-refractivity contribution < 1.29 is 9.59 Å². The minimum atomic E-state index is -0.594. The van der Waals surface area contributed by atoms with Crippen LogP contribution in [-0.4, -0.2) is 34.6 Å². The highest BCUT2D eigenvalue weighted by Crippen LogP contribution is 2.23. The number of nitrogens with one attached hydrogen (secondary N) is 1. The van der Waals surface area contributed by atoms with E-state index in [2.05, 4.69) is 5.32 Å². The molecule has 1 N–H and O–H groups in total. The van der Waals surface area contributed by atoms with E-state index in [1.807, 2.05) is 56.3 Å². The zero-order valence-electron chi connectivity index (χ0n) is 17.5. The summed E-state index contributed by atoms with van der Waals surface area (Å²) >= 11 is 13.8. The molecule has 7 heteroatoms. The summed E-state index contributed by atoms with van der Waals surface area (Å²) in [6.07, 6.45) is 1.15. The van der Waals surface area contributed by atoms with Crippen LogP contribution in [0, 0.1) is 0 Å². The van der Waals surface area contributed by atoms with E-state index in [1.165, 1.54) is 0 Å². The van der Waals surface area contributed by atoms with Crippen molar-refractivity contribution >= 4 is 46.8 Å². The van der Waals surface area contributed by atoms with Crippen molar-refractivity contribution in [2.45, 2.75) is 57.1 Å². The van der Waals surface area contributed by atoms with Crippen LogP contribution >= 0.6 is 35.0 Å². The van der Waals surface area contributed by atoms with Crippen LogP contribution in [0.3, 0.4) is 0 Å². The van der Waals surface area contributed by atoms with E-state index in [0.717, 1.165) is 16.9 Å². The van der Waals surface area contributed by atoms with Crippen LogP contribution < -0.4 is 5.32 Å². The van der Waals surface area contributed by atoms with Crippen molar-refractivity contribution in [3.05, 3.63) is 64.1 Å². The molecule has 162 valence electrons. The lowest BCUT2D eigenvalue weighted by atomic mass is 10.1. The van der Waals surface area contributed by atoms with Crippen molar-refractivity contribution in [2.24, 2.45) is 0 Å².